The summed E-state index contributed by atoms with van der Waals surface area (Å²) in [4.78, 5) is 9.42. The van der Waals surface area contributed by atoms with E-state index in [1.807, 2.05) is 6.07 Å². The Morgan fingerprint density at radius 1 is 1.57 bits per heavy atom. The molecular formula is C4H4NOS. The molecular weight excluding hydrogens is 110 g/mol. The van der Waals surface area contributed by atoms with Gasteiger partial charge in [-0.05, 0) is 0 Å². The summed E-state index contributed by atoms with van der Waals surface area (Å²) in [5.74, 6) is 0.697. The molecule has 37 valence electrons. The van der Waals surface area contributed by atoms with Crippen LogP contribution in [0, 0.1) is 11.3 Å². The summed E-state index contributed by atoms with van der Waals surface area (Å²) in [6.45, 7) is 0. The van der Waals surface area contributed by atoms with Crippen molar-refractivity contribution in [1.82, 2.24) is 0 Å². The van der Waals surface area contributed by atoms with Crippen LogP contribution in [0.3, 0.4) is 0 Å². The van der Waals surface area contributed by atoms with Gasteiger partial charge in [0, 0.05) is 0 Å². The molecule has 0 aromatic heterocycles. The minimum absolute atomic E-state index is 0.313. The fourth-order valence-corrected chi connectivity index (χ4v) is 0.415. The van der Waals surface area contributed by atoms with Crippen molar-refractivity contribution in [3.05, 3.63) is 0 Å². The average molecular weight is 114 g/mol. The molecule has 7 heavy (non-hydrogen) atoms. The summed E-state index contributed by atoms with van der Waals surface area (Å²) in [7, 11) is 0. The van der Waals surface area contributed by atoms with Crippen molar-refractivity contribution >= 4 is 18.0 Å². The second-order valence-corrected chi connectivity index (χ2v) is 1.78. The lowest BCUT2D eigenvalue weighted by Gasteiger charge is -1.77. The lowest BCUT2D eigenvalue weighted by molar-refractivity contribution is 0.560. The number of thioether (sulfide) groups is 1. The van der Waals surface area contributed by atoms with Crippen LogP contribution < -0.4 is 0 Å². The van der Waals surface area contributed by atoms with Crippen LogP contribution in [-0.2, 0) is 4.79 Å². The molecule has 0 aliphatic heterocycles. The van der Waals surface area contributed by atoms with Gasteiger partial charge in [0.25, 0.3) is 0 Å². The third-order valence-corrected chi connectivity index (χ3v) is 0.983. The van der Waals surface area contributed by atoms with Gasteiger partial charge < -0.3 is 0 Å². The van der Waals surface area contributed by atoms with E-state index < -0.39 is 0 Å². The summed E-state index contributed by atoms with van der Waals surface area (Å²) < 4.78 is 0. The van der Waals surface area contributed by atoms with E-state index >= 15 is 0 Å². The van der Waals surface area contributed by atoms with E-state index in [0.717, 1.165) is 0 Å². The molecule has 0 saturated carbocycles. The molecule has 0 saturated heterocycles. The van der Waals surface area contributed by atoms with E-state index in [0.29, 0.717) is 11.5 Å². The number of hydrogen-bond donors (Lipinski definition) is 0. The smallest absolute Gasteiger partial charge is 0.209 e. The van der Waals surface area contributed by atoms with Gasteiger partial charge >= 0.3 is 0 Å². The van der Waals surface area contributed by atoms with Crippen LogP contribution in [0.5, 0.6) is 0 Å². The predicted molar refractivity (Wildman–Crippen MR) is 28.6 cm³/mol. The third kappa shape index (κ3) is 5.51. The lowest BCUT2D eigenvalue weighted by atomic mass is 10.9. The highest BCUT2D eigenvalue weighted by Crippen LogP contribution is 1.92. The first kappa shape index (κ1) is 6.51. The van der Waals surface area contributed by atoms with Crippen LogP contribution in [0.1, 0.15) is 0 Å². The van der Waals surface area contributed by atoms with Gasteiger partial charge in [-0.25, -0.2) is 0 Å². The molecule has 3 heteroatoms. The Hall–Kier alpha value is -0.490. The minimum atomic E-state index is 0.313. The maximum Gasteiger partial charge on any atom is 0.209 e. The normalized spacial score (nSPS) is 7.29. The number of carbonyl (C=O) groups excluding carboxylic acids is 1. The summed E-state index contributed by atoms with van der Waals surface area (Å²) in [5.41, 5.74) is 0. The molecule has 0 aliphatic carbocycles. The molecule has 0 aliphatic rings. The van der Waals surface area contributed by atoms with Gasteiger partial charge in [-0.2, -0.15) is 5.26 Å². The Kier molecular flexibility index (Phi) is 5.12. The second kappa shape index (κ2) is 5.51. The van der Waals surface area contributed by atoms with Crippen molar-refractivity contribution in [3.8, 4) is 6.07 Å². The third-order valence-electron chi connectivity index (χ3n) is 0.328. The van der Waals surface area contributed by atoms with E-state index in [4.69, 9.17) is 5.26 Å². The molecule has 0 spiro atoms. The van der Waals surface area contributed by atoms with Gasteiger partial charge in [0.05, 0.1) is 17.6 Å². The number of nitrogens with zero attached hydrogens (tertiary/aromatic N) is 1. The van der Waals surface area contributed by atoms with Crippen molar-refractivity contribution in [1.29, 1.82) is 5.26 Å². The largest absolute Gasteiger partial charge is 0.290 e. The maximum atomic E-state index is 9.42. The van der Waals surface area contributed by atoms with Crippen LogP contribution in [0.4, 0.5) is 0 Å². The first-order valence-electron chi connectivity index (χ1n) is 1.71. The highest BCUT2D eigenvalue weighted by molar-refractivity contribution is 8.00. The van der Waals surface area contributed by atoms with E-state index in [9.17, 15) is 4.79 Å². The Morgan fingerprint density at radius 3 is 2.71 bits per heavy atom. The van der Waals surface area contributed by atoms with Crippen LogP contribution in [0.15, 0.2) is 0 Å². The Labute approximate surface area is 46.5 Å². The highest BCUT2D eigenvalue weighted by atomic mass is 32.2. The summed E-state index contributed by atoms with van der Waals surface area (Å²) in [5, 5.41) is 7.89. The second-order valence-electron chi connectivity index (χ2n) is 0.795. The van der Waals surface area contributed by atoms with Crippen molar-refractivity contribution < 1.29 is 4.79 Å². The van der Waals surface area contributed by atoms with Gasteiger partial charge in [0.1, 0.15) is 0 Å². The van der Waals surface area contributed by atoms with E-state index in [1.165, 1.54) is 11.8 Å². The molecule has 1 radical (unpaired) electrons. The molecule has 0 amide bonds. The van der Waals surface area contributed by atoms with Crippen molar-refractivity contribution in [2.75, 3.05) is 11.5 Å². The number of rotatable bonds is 3. The molecule has 0 heterocycles. The average Bonchev–Trinajstić information content (AvgIpc) is 1.69. The van der Waals surface area contributed by atoms with Crippen LogP contribution in [-0.4, -0.2) is 17.8 Å². The highest BCUT2D eigenvalue weighted by Gasteiger charge is 1.80. The summed E-state index contributed by atoms with van der Waals surface area (Å²) >= 11 is 1.27. The zero-order valence-electron chi connectivity index (χ0n) is 3.68. The monoisotopic (exact) mass is 114 g/mol. The van der Waals surface area contributed by atoms with Gasteiger partial charge in [0.2, 0.25) is 6.29 Å². The molecule has 0 N–H and O–H groups in total. The number of hydrogen-bond acceptors (Lipinski definition) is 3. The van der Waals surface area contributed by atoms with Crippen LogP contribution in [0.2, 0.25) is 0 Å². The van der Waals surface area contributed by atoms with Crippen LogP contribution >= 0.6 is 11.8 Å². The fourth-order valence-electron chi connectivity index (χ4n) is 0.138. The zero-order chi connectivity index (χ0) is 5.54. The van der Waals surface area contributed by atoms with Gasteiger partial charge in [-0.3, -0.25) is 4.79 Å². The van der Waals surface area contributed by atoms with Gasteiger partial charge in [-0.1, -0.05) is 0 Å². The topological polar surface area (TPSA) is 40.9 Å². The first-order valence-corrected chi connectivity index (χ1v) is 2.87. The molecule has 0 rings (SSSR count). The molecule has 0 bridgehead atoms. The van der Waals surface area contributed by atoms with E-state index in [1.54, 1.807) is 6.29 Å². The Balaban J connectivity index is 2.72. The quantitative estimate of drug-likeness (QED) is 0.497. The van der Waals surface area contributed by atoms with E-state index in [-0.39, 0.29) is 0 Å². The van der Waals surface area contributed by atoms with Gasteiger partial charge in [0.15, 0.2) is 0 Å². The number of nitriles is 1. The summed E-state index contributed by atoms with van der Waals surface area (Å²) in [6, 6.07) is 1.89. The fraction of sp³-hybridized carbons (Fsp3) is 0.500. The Bertz CT molecular complexity index is 86.2. The molecule has 0 atom stereocenters. The van der Waals surface area contributed by atoms with Crippen molar-refractivity contribution in [2.24, 2.45) is 0 Å². The Morgan fingerprint density at radius 2 is 2.29 bits per heavy atom. The van der Waals surface area contributed by atoms with Crippen LogP contribution in [0.25, 0.3) is 0 Å². The van der Waals surface area contributed by atoms with Crippen molar-refractivity contribution in [3.63, 3.8) is 0 Å². The molecule has 2 nitrogen and oxygen atoms in total. The summed E-state index contributed by atoms with van der Waals surface area (Å²) in [6.07, 6.45) is 1.66. The predicted octanol–water partition coefficient (Wildman–Crippen LogP) is 0.353. The minimum Gasteiger partial charge on any atom is -0.290 e. The lowest BCUT2D eigenvalue weighted by Crippen LogP contribution is -1.77. The zero-order valence-corrected chi connectivity index (χ0v) is 4.49. The molecule has 0 unspecified atom stereocenters. The first-order chi connectivity index (χ1) is 3.41. The van der Waals surface area contributed by atoms with E-state index in [2.05, 4.69) is 0 Å². The standard InChI is InChI=1S/C4H4NOS/c5-1-3-7-4-2-6/h3-4H2. The molecule has 0 aromatic carbocycles. The van der Waals surface area contributed by atoms with Gasteiger partial charge in [-0.15, -0.1) is 11.8 Å². The maximum absolute atomic E-state index is 9.42. The SMILES string of the molecule is N#CCSC[C]=O. The molecule has 0 aromatic rings. The van der Waals surface area contributed by atoms with Crippen molar-refractivity contribution in [2.45, 2.75) is 0 Å². The molecule has 0 fully saturated rings.